The van der Waals surface area contributed by atoms with Crippen LogP contribution in [-0.4, -0.2) is 23.5 Å². The number of nitrogens with zero attached hydrogens (tertiary/aromatic N) is 1. The van der Waals surface area contributed by atoms with Gasteiger partial charge in [-0.1, -0.05) is 36.4 Å². The van der Waals surface area contributed by atoms with Gasteiger partial charge in [-0.15, -0.1) is 0 Å². The minimum absolute atomic E-state index is 0.0527. The van der Waals surface area contributed by atoms with Gasteiger partial charge in [-0.2, -0.15) is 0 Å². The van der Waals surface area contributed by atoms with Crippen molar-refractivity contribution in [2.45, 2.75) is 45.4 Å². The highest BCUT2D eigenvalue weighted by Gasteiger charge is 2.54. The quantitative estimate of drug-likeness (QED) is 0.382. The van der Waals surface area contributed by atoms with Crippen LogP contribution in [0, 0.1) is 23.2 Å². The van der Waals surface area contributed by atoms with Crippen molar-refractivity contribution in [1.82, 2.24) is 5.32 Å². The Labute approximate surface area is 223 Å². The molecule has 4 saturated carbocycles. The van der Waals surface area contributed by atoms with E-state index in [9.17, 15) is 9.59 Å². The number of carbonyl (C=O) groups excluding carboxylic acids is 2. The molecule has 0 spiro atoms. The number of amides is 2. The molecule has 2 amide bonds. The van der Waals surface area contributed by atoms with Gasteiger partial charge in [0, 0.05) is 23.2 Å². The minimum atomic E-state index is -0.234. The molecule has 4 fully saturated rings. The highest BCUT2D eigenvalue weighted by atomic mass is 32.1. The average molecular weight is 512 g/mol. The summed E-state index contributed by atoms with van der Waals surface area (Å²) in [6, 6.07) is 21.4. The SMILES string of the molecule is CCN(C(=O)c1ccc(NC(=S)NC(=O)C23CC4CC(CC(C4)C2)C3)cc1)c1cccc2ccccc12. The zero-order valence-corrected chi connectivity index (χ0v) is 22.0. The maximum absolute atomic E-state index is 13.4. The fourth-order valence-electron chi connectivity index (χ4n) is 7.51. The fraction of sp³-hybridized carbons (Fsp3) is 0.387. The van der Waals surface area contributed by atoms with Gasteiger partial charge in [0.25, 0.3) is 5.91 Å². The second-order valence-electron chi connectivity index (χ2n) is 11.2. The summed E-state index contributed by atoms with van der Waals surface area (Å²) in [5.74, 6) is 2.16. The highest BCUT2D eigenvalue weighted by molar-refractivity contribution is 7.80. The van der Waals surface area contributed by atoms with E-state index in [1.165, 1.54) is 19.3 Å². The molecule has 2 N–H and O–H groups in total. The molecule has 0 heterocycles. The molecule has 3 aromatic rings. The van der Waals surface area contributed by atoms with Crippen molar-refractivity contribution in [2.24, 2.45) is 23.2 Å². The fourth-order valence-corrected chi connectivity index (χ4v) is 7.72. The van der Waals surface area contributed by atoms with Crippen LogP contribution in [0.3, 0.4) is 0 Å². The van der Waals surface area contributed by atoms with Crippen LogP contribution in [0.5, 0.6) is 0 Å². The Morgan fingerprint density at radius 3 is 2.16 bits per heavy atom. The lowest BCUT2D eigenvalue weighted by molar-refractivity contribution is -0.144. The maximum atomic E-state index is 13.4. The van der Waals surface area contributed by atoms with Gasteiger partial charge in [0.1, 0.15) is 0 Å². The Morgan fingerprint density at radius 1 is 0.892 bits per heavy atom. The van der Waals surface area contributed by atoms with Gasteiger partial charge >= 0.3 is 0 Å². The van der Waals surface area contributed by atoms with Crippen LogP contribution >= 0.6 is 12.2 Å². The Morgan fingerprint density at radius 2 is 1.51 bits per heavy atom. The van der Waals surface area contributed by atoms with Gasteiger partial charge in [-0.05, 0) is 111 Å². The largest absolute Gasteiger partial charge is 0.332 e. The van der Waals surface area contributed by atoms with Gasteiger partial charge < -0.3 is 15.5 Å². The number of rotatable bonds is 5. The summed E-state index contributed by atoms with van der Waals surface area (Å²) >= 11 is 5.50. The van der Waals surface area contributed by atoms with Gasteiger partial charge in [0.05, 0.1) is 11.1 Å². The summed E-state index contributed by atoms with van der Waals surface area (Å²) in [6.45, 7) is 2.55. The first kappa shape index (κ1) is 24.1. The number of hydrogen-bond acceptors (Lipinski definition) is 3. The Balaban J connectivity index is 1.12. The second kappa shape index (κ2) is 9.56. The molecule has 0 atom stereocenters. The molecule has 0 saturated heterocycles. The lowest BCUT2D eigenvalue weighted by atomic mass is 9.49. The van der Waals surface area contributed by atoms with E-state index in [-0.39, 0.29) is 17.2 Å². The van der Waals surface area contributed by atoms with Crippen LogP contribution in [-0.2, 0) is 4.79 Å². The van der Waals surface area contributed by atoms with Gasteiger partial charge in [0.15, 0.2) is 5.11 Å². The number of hydrogen-bond donors (Lipinski definition) is 2. The first-order valence-corrected chi connectivity index (χ1v) is 13.9. The first-order chi connectivity index (χ1) is 17.9. The molecule has 4 aliphatic rings. The summed E-state index contributed by atoms with van der Waals surface area (Å²) in [4.78, 5) is 28.5. The van der Waals surface area contributed by atoms with Crippen LogP contribution in [0.2, 0.25) is 0 Å². The number of fused-ring (bicyclic) bond motifs is 1. The van der Waals surface area contributed by atoms with Crippen molar-refractivity contribution in [2.75, 3.05) is 16.8 Å². The van der Waals surface area contributed by atoms with Gasteiger partial charge in [0.2, 0.25) is 5.91 Å². The number of carbonyl (C=O) groups is 2. The molecular formula is C31H33N3O2S. The van der Waals surface area contributed by atoms with Crippen LogP contribution in [0.4, 0.5) is 11.4 Å². The van der Waals surface area contributed by atoms with E-state index in [0.717, 1.165) is 41.4 Å². The van der Waals surface area contributed by atoms with E-state index < -0.39 is 0 Å². The molecular weight excluding hydrogens is 478 g/mol. The predicted molar refractivity (Wildman–Crippen MR) is 153 cm³/mol. The maximum Gasteiger partial charge on any atom is 0.258 e. The number of anilines is 2. The predicted octanol–water partition coefficient (Wildman–Crippen LogP) is 6.54. The second-order valence-corrected chi connectivity index (χ2v) is 11.6. The van der Waals surface area contributed by atoms with Crippen molar-refractivity contribution in [3.05, 3.63) is 72.3 Å². The average Bonchev–Trinajstić information content (AvgIpc) is 2.89. The Bertz CT molecular complexity index is 1330. The molecule has 4 bridgehead atoms. The van der Waals surface area contributed by atoms with Crippen molar-refractivity contribution in [3.63, 3.8) is 0 Å². The standard InChI is InChI=1S/C31H33N3O2S/c1-2-34(27-9-5-7-23-6-3-4-8-26(23)27)28(35)24-10-12-25(13-11-24)32-30(37)33-29(36)31-17-20-14-21(18-31)16-22(15-20)19-31/h3-13,20-22H,2,14-19H2,1H3,(H2,32,33,36,37). The Hall–Kier alpha value is -3.25. The smallest absolute Gasteiger partial charge is 0.258 e. The summed E-state index contributed by atoms with van der Waals surface area (Å²) in [5.41, 5.74) is 2.02. The van der Waals surface area contributed by atoms with Crippen LogP contribution in [0.15, 0.2) is 66.7 Å². The van der Waals surface area contributed by atoms with E-state index in [1.54, 1.807) is 4.90 Å². The van der Waals surface area contributed by atoms with Crippen molar-refractivity contribution < 1.29 is 9.59 Å². The van der Waals surface area contributed by atoms with Crippen LogP contribution in [0.1, 0.15) is 55.8 Å². The molecule has 4 aliphatic carbocycles. The summed E-state index contributed by atoms with van der Waals surface area (Å²) < 4.78 is 0. The lowest BCUT2D eigenvalue weighted by Gasteiger charge is -2.55. The third-order valence-electron chi connectivity index (χ3n) is 8.76. The molecule has 6 heteroatoms. The minimum Gasteiger partial charge on any atom is -0.332 e. The zero-order chi connectivity index (χ0) is 25.6. The molecule has 3 aromatic carbocycles. The molecule has 37 heavy (non-hydrogen) atoms. The normalized spacial score (nSPS) is 25.6. The van der Waals surface area contributed by atoms with Crippen LogP contribution < -0.4 is 15.5 Å². The number of benzene rings is 3. The third kappa shape index (κ3) is 4.52. The van der Waals surface area contributed by atoms with Crippen LogP contribution in [0.25, 0.3) is 10.8 Å². The monoisotopic (exact) mass is 511 g/mol. The number of nitrogens with one attached hydrogen (secondary N) is 2. The van der Waals surface area contributed by atoms with E-state index >= 15 is 0 Å². The van der Waals surface area contributed by atoms with Crippen molar-refractivity contribution in [1.29, 1.82) is 0 Å². The molecule has 5 nitrogen and oxygen atoms in total. The lowest BCUT2D eigenvalue weighted by Crippen LogP contribution is -2.55. The van der Waals surface area contributed by atoms with Gasteiger partial charge in [-0.3, -0.25) is 9.59 Å². The van der Waals surface area contributed by atoms with E-state index in [0.29, 0.717) is 35.0 Å². The summed E-state index contributed by atoms with van der Waals surface area (Å²) in [5, 5.41) is 8.63. The number of thiocarbonyl (C=S) groups is 1. The summed E-state index contributed by atoms with van der Waals surface area (Å²) in [7, 11) is 0. The molecule has 0 radical (unpaired) electrons. The van der Waals surface area contributed by atoms with E-state index in [2.05, 4.69) is 22.8 Å². The van der Waals surface area contributed by atoms with Gasteiger partial charge in [-0.25, -0.2) is 0 Å². The van der Waals surface area contributed by atoms with E-state index in [1.807, 2.05) is 61.5 Å². The molecule has 0 unspecified atom stereocenters. The third-order valence-corrected chi connectivity index (χ3v) is 8.96. The highest BCUT2D eigenvalue weighted by Crippen LogP contribution is 2.60. The molecule has 7 rings (SSSR count). The van der Waals surface area contributed by atoms with E-state index in [4.69, 9.17) is 12.2 Å². The molecule has 0 aliphatic heterocycles. The first-order valence-electron chi connectivity index (χ1n) is 13.5. The van der Waals surface area contributed by atoms with Crippen molar-refractivity contribution >= 4 is 51.3 Å². The topological polar surface area (TPSA) is 61.4 Å². The summed E-state index contributed by atoms with van der Waals surface area (Å²) in [6.07, 6.45) is 6.93. The Kier molecular flexibility index (Phi) is 6.23. The van der Waals surface area contributed by atoms with Crippen molar-refractivity contribution in [3.8, 4) is 0 Å². The molecule has 190 valence electrons. The zero-order valence-electron chi connectivity index (χ0n) is 21.2. The molecule has 0 aromatic heterocycles.